The number of hydrogen-bond acceptors (Lipinski definition) is 4. The topological polar surface area (TPSA) is 50.8 Å². The van der Waals surface area contributed by atoms with Crippen molar-refractivity contribution in [1.29, 1.82) is 0 Å². The highest BCUT2D eigenvalue weighted by Crippen LogP contribution is 2.12. The average Bonchev–Trinajstić information content (AvgIpc) is 2.40. The van der Waals surface area contributed by atoms with Gasteiger partial charge in [-0.15, -0.1) is 0 Å². The minimum atomic E-state index is -0.0325. The fraction of sp³-hybridized carbons (Fsp3) is 0.923. The van der Waals surface area contributed by atoms with E-state index in [9.17, 15) is 4.79 Å². The molecule has 1 unspecified atom stereocenters. The molecule has 0 aromatic carbocycles. The Morgan fingerprint density at radius 2 is 2.17 bits per heavy atom. The standard InChI is InChI=1S/C13H26N2O3/c1-11(10-18-3)15(8-9-17-2)13(16)12-6-4-5-7-14-12/h11-12,14H,4-10H2,1-3H3/t11?,12-/m0/s1. The van der Waals surface area contributed by atoms with Crippen LogP contribution in [0.3, 0.4) is 0 Å². The SMILES string of the molecule is COCCN(C(=O)[C@@H]1CCCCN1)C(C)COC. The number of hydrogen-bond donors (Lipinski definition) is 1. The second kappa shape index (κ2) is 8.45. The Hall–Kier alpha value is -0.650. The number of amides is 1. The molecular weight excluding hydrogens is 232 g/mol. The first-order chi connectivity index (χ1) is 8.70. The van der Waals surface area contributed by atoms with E-state index in [0.29, 0.717) is 19.8 Å². The summed E-state index contributed by atoms with van der Waals surface area (Å²) in [6.45, 7) is 4.69. The monoisotopic (exact) mass is 258 g/mol. The van der Waals surface area contributed by atoms with Crippen molar-refractivity contribution in [1.82, 2.24) is 10.2 Å². The highest BCUT2D eigenvalue weighted by molar-refractivity contribution is 5.82. The molecule has 1 aliphatic heterocycles. The minimum absolute atomic E-state index is 0.0325. The van der Waals surface area contributed by atoms with E-state index < -0.39 is 0 Å². The summed E-state index contributed by atoms with van der Waals surface area (Å²) in [4.78, 5) is 14.3. The van der Waals surface area contributed by atoms with Crippen LogP contribution in [0.2, 0.25) is 0 Å². The Kier molecular flexibility index (Phi) is 7.23. The van der Waals surface area contributed by atoms with Gasteiger partial charge >= 0.3 is 0 Å². The molecule has 0 saturated carbocycles. The molecule has 0 bridgehead atoms. The first-order valence-electron chi connectivity index (χ1n) is 6.72. The predicted molar refractivity (Wildman–Crippen MR) is 70.6 cm³/mol. The first-order valence-corrected chi connectivity index (χ1v) is 6.72. The molecule has 2 atom stereocenters. The van der Waals surface area contributed by atoms with Crippen molar-refractivity contribution in [3.63, 3.8) is 0 Å². The zero-order valence-corrected chi connectivity index (χ0v) is 11.8. The number of nitrogens with one attached hydrogen (secondary N) is 1. The summed E-state index contributed by atoms with van der Waals surface area (Å²) >= 11 is 0. The Morgan fingerprint density at radius 3 is 2.72 bits per heavy atom. The van der Waals surface area contributed by atoms with Gasteiger partial charge in [0.15, 0.2) is 0 Å². The average molecular weight is 258 g/mol. The lowest BCUT2D eigenvalue weighted by atomic mass is 10.0. The number of rotatable bonds is 7. The molecule has 1 rings (SSSR count). The highest BCUT2D eigenvalue weighted by Gasteiger charge is 2.28. The van der Waals surface area contributed by atoms with E-state index in [2.05, 4.69) is 5.32 Å². The van der Waals surface area contributed by atoms with E-state index in [1.807, 2.05) is 11.8 Å². The largest absolute Gasteiger partial charge is 0.383 e. The van der Waals surface area contributed by atoms with Crippen molar-refractivity contribution in [2.75, 3.05) is 40.5 Å². The summed E-state index contributed by atoms with van der Waals surface area (Å²) in [5.74, 6) is 0.177. The van der Waals surface area contributed by atoms with Crippen LogP contribution >= 0.6 is 0 Å². The smallest absolute Gasteiger partial charge is 0.240 e. The summed E-state index contributed by atoms with van der Waals surface area (Å²) in [7, 11) is 3.32. The van der Waals surface area contributed by atoms with Crippen molar-refractivity contribution in [3.05, 3.63) is 0 Å². The van der Waals surface area contributed by atoms with E-state index in [1.165, 1.54) is 0 Å². The maximum Gasteiger partial charge on any atom is 0.240 e. The maximum absolute atomic E-state index is 12.5. The fourth-order valence-corrected chi connectivity index (χ4v) is 2.33. The quantitative estimate of drug-likeness (QED) is 0.728. The molecule has 1 fully saturated rings. The van der Waals surface area contributed by atoms with E-state index >= 15 is 0 Å². The van der Waals surface area contributed by atoms with Gasteiger partial charge in [-0.1, -0.05) is 6.42 Å². The number of piperidine rings is 1. The van der Waals surface area contributed by atoms with Gasteiger partial charge in [-0.05, 0) is 26.3 Å². The molecule has 1 N–H and O–H groups in total. The summed E-state index contributed by atoms with van der Waals surface area (Å²) in [5, 5.41) is 3.30. The highest BCUT2D eigenvalue weighted by atomic mass is 16.5. The Balaban J connectivity index is 2.58. The zero-order valence-electron chi connectivity index (χ0n) is 11.8. The third-order valence-electron chi connectivity index (χ3n) is 3.37. The van der Waals surface area contributed by atoms with Gasteiger partial charge in [-0.25, -0.2) is 0 Å². The first kappa shape index (κ1) is 15.4. The van der Waals surface area contributed by atoms with Gasteiger partial charge in [0.05, 0.1) is 25.3 Å². The van der Waals surface area contributed by atoms with Crippen LogP contribution < -0.4 is 5.32 Å². The molecule has 1 amide bonds. The van der Waals surface area contributed by atoms with Crippen LogP contribution in [0, 0.1) is 0 Å². The molecule has 1 heterocycles. The van der Waals surface area contributed by atoms with Crippen LogP contribution in [-0.4, -0.2) is 63.4 Å². The van der Waals surface area contributed by atoms with Crippen LogP contribution in [0.25, 0.3) is 0 Å². The van der Waals surface area contributed by atoms with Crippen LogP contribution in [0.15, 0.2) is 0 Å². The molecule has 0 spiro atoms. The molecule has 0 aliphatic carbocycles. The predicted octanol–water partition coefficient (Wildman–Crippen LogP) is 0.638. The third-order valence-corrected chi connectivity index (χ3v) is 3.37. The summed E-state index contributed by atoms with van der Waals surface area (Å²) in [6.07, 6.45) is 3.22. The molecule has 106 valence electrons. The molecule has 0 radical (unpaired) electrons. The molecule has 5 heteroatoms. The minimum Gasteiger partial charge on any atom is -0.383 e. The van der Waals surface area contributed by atoms with Gasteiger partial charge in [-0.2, -0.15) is 0 Å². The molecule has 0 aromatic rings. The number of nitrogens with zero attached hydrogens (tertiary/aromatic N) is 1. The van der Waals surface area contributed by atoms with Gasteiger partial charge < -0.3 is 19.7 Å². The Bertz CT molecular complexity index is 242. The van der Waals surface area contributed by atoms with Crippen molar-refractivity contribution in [3.8, 4) is 0 Å². The summed E-state index contributed by atoms with van der Waals surface area (Å²) in [6, 6.07) is 0.0521. The molecule has 0 aromatic heterocycles. The molecule has 18 heavy (non-hydrogen) atoms. The van der Waals surface area contributed by atoms with Crippen molar-refractivity contribution < 1.29 is 14.3 Å². The number of carbonyl (C=O) groups is 1. The van der Waals surface area contributed by atoms with Crippen LogP contribution in [-0.2, 0) is 14.3 Å². The third kappa shape index (κ3) is 4.55. The molecule has 1 aliphatic rings. The Morgan fingerprint density at radius 1 is 1.39 bits per heavy atom. The molecular formula is C13H26N2O3. The molecule has 1 saturated heterocycles. The Labute approximate surface area is 110 Å². The lowest BCUT2D eigenvalue weighted by molar-refractivity contribution is -0.137. The maximum atomic E-state index is 12.5. The fourth-order valence-electron chi connectivity index (χ4n) is 2.33. The van der Waals surface area contributed by atoms with E-state index in [1.54, 1.807) is 14.2 Å². The van der Waals surface area contributed by atoms with Gasteiger partial charge in [0.1, 0.15) is 0 Å². The van der Waals surface area contributed by atoms with Crippen LogP contribution in [0.5, 0.6) is 0 Å². The van der Waals surface area contributed by atoms with Gasteiger partial charge in [0.25, 0.3) is 0 Å². The number of ether oxygens (including phenoxy) is 2. The van der Waals surface area contributed by atoms with Crippen molar-refractivity contribution >= 4 is 5.91 Å². The van der Waals surface area contributed by atoms with Crippen molar-refractivity contribution in [2.24, 2.45) is 0 Å². The molecule has 5 nitrogen and oxygen atoms in total. The number of methoxy groups -OCH3 is 2. The summed E-state index contributed by atoms with van der Waals surface area (Å²) < 4.78 is 10.2. The second-order valence-electron chi connectivity index (χ2n) is 4.83. The normalized spacial score (nSPS) is 21.6. The van der Waals surface area contributed by atoms with Crippen LogP contribution in [0.1, 0.15) is 26.2 Å². The van der Waals surface area contributed by atoms with E-state index in [0.717, 1.165) is 25.8 Å². The number of carbonyl (C=O) groups excluding carboxylic acids is 1. The van der Waals surface area contributed by atoms with E-state index in [4.69, 9.17) is 9.47 Å². The van der Waals surface area contributed by atoms with E-state index in [-0.39, 0.29) is 18.0 Å². The van der Waals surface area contributed by atoms with Gasteiger partial charge in [0.2, 0.25) is 5.91 Å². The van der Waals surface area contributed by atoms with Gasteiger partial charge in [-0.3, -0.25) is 4.79 Å². The van der Waals surface area contributed by atoms with Gasteiger partial charge in [0, 0.05) is 20.8 Å². The second-order valence-corrected chi connectivity index (χ2v) is 4.83. The zero-order chi connectivity index (χ0) is 13.4. The van der Waals surface area contributed by atoms with Crippen LogP contribution in [0.4, 0.5) is 0 Å². The summed E-state index contributed by atoms with van der Waals surface area (Å²) in [5.41, 5.74) is 0. The van der Waals surface area contributed by atoms with Crippen molar-refractivity contribution in [2.45, 2.75) is 38.3 Å². The lowest BCUT2D eigenvalue weighted by Crippen LogP contribution is -2.53. The lowest BCUT2D eigenvalue weighted by Gasteiger charge is -2.33.